The molecule has 178 valence electrons. The summed E-state index contributed by atoms with van der Waals surface area (Å²) in [6.07, 6.45) is 0.0168. The Morgan fingerprint density at radius 1 is 0.917 bits per heavy atom. The van der Waals surface area contributed by atoms with Crippen LogP contribution in [0.5, 0.6) is 17.2 Å². The van der Waals surface area contributed by atoms with Crippen molar-refractivity contribution in [1.29, 1.82) is 0 Å². The Kier molecular flexibility index (Phi) is 9.47. The van der Waals surface area contributed by atoms with E-state index in [2.05, 4.69) is 5.32 Å². The van der Waals surface area contributed by atoms with Crippen LogP contribution in [0.4, 0.5) is 5.69 Å². The number of ether oxygens (including phenoxy) is 3. The Labute approximate surface area is 250 Å². The van der Waals surface area contributed by atoms with Crippen molar-refractivity contribution < 1.29 is 85.1 Å². The number of aliphatic carboxylic acids is 1. The number of carboxylic acids is 1. The quantitative estimate of drug-likeness (QED) is 0.258. The van der Waals surface area contributed by atoms with Gasteiger partial charge in [-0.15, -0.1) is 0 Å². The molecule has 1 heterocycles. The molecule has 3 aromatic rings. The zero-order valence-corrected chi connectivity index (χ0v) is 23.2. The van der Waals surface area contributed by atoms with Gasteiger partial charge in [-0.1, -0.05) is 18.2 Å². The fourth-order valence-electron chi connectivity index (χ4n) is 3.78. The summed E-state index contributed by atoms with van der Waals surface area (Å²) >= 11 is 0. The Morgan fingerprint density at radius 2 is 1.56 bits per heavy atom. The number of Topliss-reactive ketones (excluding diaryl/α,β-unsaturated/α-hetero) is 1. The molecule has 0 radical (unpaired) electrons. The average molecular weight is 512 g/mol. The van der Waals surface area contributed by atoms with Gasteiger partial charge in [0.05, 0.1) is 13.1 Å². The summed E-state index contributed by atoms with van der Waals surface area (Å²) < 4.78 is 15.9. The first-order chi connectivity index (χ1) is 16.9. The SMILES string of the molecule is COc1ccc(C(=O)/C(Cc2ccc(NC(C)=O)cc2)=C(\C(=O)[O-])c2ccc3c(c2)OCO3)cc1.[K+]. The van der Waals surface area contributed by atoms with Gasteiger partial charge >= 0.3 is 51.4 Å². The van der Waals surface area contributed by atoms with Gasteiger partial charge in [-0.05, 0) is 59.7 Å². The molecule has 0 spiro atoms. The summed E-state index contributed by atoms with van der Waals surface area (Å²) in [5.41, 5.74) is 1.63. The molecule has 0 aromatic heterocycles. The smallest absolute Gasteiger partial charge is 0.545 e. The molecule has 4 rings (SSSR count). The second-order valence-corrected chi connectivity index (χ2v) is 7.82. The number of carbonyl (C=O) groups is 3. The van der Waals surface area contributed by atoms with E-state index >= 15 is 0 Å². The summed E-state index contributed by atoms with van der Waals surface area (Å²) in [6.45, 7) is 1.43. The van der Waals surface area contributed by atoms with Crippen LogP contribution in [0, 0.1) is 0 Å². The molecular formula is C27H22KNO7. The van der Waals surface area contributed by atoms with Crippen molar-refractivity contribution >= 4 is 28.9 Å². The average Bonchev–Trinajstić information content (AvgIpc) is 3.32. The van der Waals surface area contributed by atoms with Crippen LogP contribution in [-0.2, 0) is 16.0 Å². The third-order valence-electron chi connectivity index (χ3n) is 5.45. The number of fused-ring (bicyclic) bond motifs is 1. The maximum atomic E-state index is 13.6. The number of amides is 1. The number of anilines is 1. The second kappa shape index (κ2) is 12.3. The molecule has 8 nitrogen and oxygen atoms in total. The van der Waals surface area contributed by atoms with Crippen LogP contribution in [0.1, 0.15) is 28.4 Å². The first kappa shape index (κ1) is 27.6. The van der Waals surface area contributed by atoms with Gasteiger partial charge in [-0.25, -0.2) is 0 Å². The van der Waals surface area contributed by atoms with Gasteiger partial charge in [-0.3, -0.25) is 9.59 Å². The first-order valence-electron chi connectivity index (χ1n) is 10.8. The van der Waals surface area contributed by atoms with E-state index < -0.39 is 11.8 Å². The largest absolute Gasteiger partial charge is 1.00 e. The van der Waals surface area contributed by atoms with E-state index in [1.807, 2.05) is 0 Å². The second-order valence-electron chi connectivity index (χ2n) is 7.82. The fourth-order valence-corrected chi connectivity index (χ4v) is 3.78. The van der Waals surface area contributed by atoms with E-state index in [9.17, 15) is 19.5 Å². The maximum Gasteiger partial charge on any atom is 1.00 e. The number of nitrogens with one attached hydrogen (secondary N) is 1. The van der Waals surface area contributed by atoms with Crippen LogP contribution in [0.2, 0.25) is 0 Å². The van der Waals surface area contributed by atoms with Crippen molar-refractivity contribution in [3.05, 3.63) is 89.0 Å². The number of rotatable bonds is 8. The van der Waals surface area contributed by atoms with Crippen molar-refractivity contribution in [2.45, 2.75) is 13.3 Å². The minimum atomic E-state index is -1.49. The van der Waals surface area contributed by atoms with Gasteiger partial charge in [0.2, 0.25) is 12.7 Å². The zero-order valence-electron chi connectivity index (χ0n) is 20.1. The third kappa shape index (κ3) is 6.43. The van der Waals surface area contributed by atoms with Gasteiger partial charge in [-0.2, -0.15) is 0 Å². The van der Waals surface area contributed by atoms with E-state index in [0.29, 0.717) is 34.1 Å². The normalized spacial score (nSPS) is 12.2. The molecule has 0 fully saturated rings. The Hall–Kier alpha value is -2.95. The molecule has 1 aliphatic rings. The molecule has 1 N–H and O–H groups in total. The van der Waals surface area contributed by atoms with E-state index in [4.69, 9.17) is 14.2 Å². The number of hydrogen-bond acceptors (Lipinski definition) is 7. The van der Waals surface area contributed by atoms with Crippen LogP contribution >= 0.6 is 0 Å². The van der Waals surface area contributed by atoms with Crippen molar-refractivity contribution in [2.75, 3.05) is 19.2 Å². The van der Waals surface area contributed by atoms with Crippen LogP contribution in [-0.4, -0.2) is 31.6 Å². The Balaban J connectivity index is 0.00000361. The minimum Gasteiger partial charge on any atom is -0.545 e. The molecule has 0 aliphatic carbocycles. The number of carboxylic acid groups (broad SMARTS) is 1. The predicted molar refractivity (Wildman–Crippen MR) is 126 cm³/mol. The summed E-state index contributed by atoms with van der Waals surface area (Å²) in [7, 11) is 1.51. The number of benzene rings is 3. The van der Waals surface area contributed by atoms with Crippen LogP contribution < -0.4 is 76.0 Å². The van der Waals surface area contributed by atoms with Crippen molar-refractivity contribution in [3.63, 3.8) is 0 Å². The minimum absolute atomic E-state index is 0. The molecule has 3 aromatic carbocycles. The molecule has 36 heavy (non-hydrogen) atoms. The number of methoxy groups -OCH3 is 1. The topological polar surface area (TPSA) is 114 Å². The third-order valence-corrected chi connectivity index (χ3v) is 5.45. The number of carbonyl (C=O) groups excluding carboxylic acids is 3. The van der Waals surface area contributed by atoms with E-state index in [-0.39, 0.29) is 87.2 Å². The molecule has 0 saturated heterocycles. The van der Waals surface area contributed by atoms with Crippen molar-refractivity contribution in [2.24, 2.45) is 0 Å². The predicted octanol–water partition coefficient (Wildman–Crippen LogP) is 0.0154. The van der Waals surface area contributed by atoms with Crippen LogP contribution in [0.25, 0.3) is 5.57 Å². The molecule has 1 amide bonds. The maximum absolute atomic E-state index is 13.6. The molecular weight excluding hydrogens is 489 g/mol. The van der Waals surface area contributed by atoms with Crippen molar-refractivity contribution in [3.8, 4) is 17.2 Å². The standard InChI is InChI=1S/C27H23NO7.K/c1-16(29)28-20-8-3-17(4-9-20)13-22(26(30)18-5-10-21(33-2)11-6-18)25(27(31)32)19-7-12-23-24(14-19)35-15-34-23;/h3-12,14H,13,15H2,1-2H3,(H,28,29)(H,31,32);/q;+1/p-1/b25-22-;. The van der Waals surface area contributed by atoms with Gasteiger partial charge in [0.1, 0.15) is 5.75 Å². The zero-order chi connectivity index (χ0) is 24.9. The molecule has 9 heteroatoms. The van der Waals surface area contributed by atoms with E-state index in [1.54, 1.807) is 60.7 Å². The summed E-state index contributed by atoms with van der Waals surface area (Å²) in [4.78, 5) is 37.3. The van der Waals surface area contributed by atoms with E-state index in [0.717, 1.165) is 0 Å². The molecule has 0 saturated carbocycles. The molecule has 0 bridgehead atoms. The molecule has 0 atom stereocenters. The fraction of sp³-hybridized carbons (Fsp3) is 0.148. The van der Waals surface area contributed by atoms with Crippen molar-refractivity contribution in [1.82, 2.24) is 0 Å². The van der Waals surface area contributed by atoms with Gasteiger partial charge in [0.25, 0.3) is 0 Å². The summed E-state index contributed by atoms with van der Waals surface area (Å²) in [5, 5.41) is 15.1. The molecule has 1 aliphatic heterocycles. The number of allylic oxidation sites excluding steroid dienone is 1. The van der Waals surface area contributed by atoms with Gasteiger partial charge in [0.15, 0.2) is 17.3 Å². The number of hydrogen-bond donors (Lipinski definition) is 1. The summed E-state index contributed by atoms with van der Waals surface area (Å²) in [6, 6.07) is 17.9. The van der Waals surface area contributed by atoms with E-state index in [1.165, 1.54) is 20.1 Å². The first-order valence-corrected chi connectivity index (χ1v) is 10.8. The van der Waals surface area contributed by atoms with Gasteiger partial charge < -0.3 is 29.4 Å². The Bertz CT molecular complexity index is 1310. The number of ketones is 1. The van der Waals surface area contributed by atoms with Gasteiger partial charge in [0, 0.05) is 35.7 Å². The van der Waals surface area contributed by atoms with Crippen LogP contribution in [0.15, 0.2) is 72.3 Å². The van der Waals surface area contributed by atoms with Crippen LogP contribution in [0.3, 0.4) is 0 Å². The monoisotopic (exact) mass is 511 g/mol. The Morgan fingerprint density at radius 3 is 2.17 bits per heavy atom. The summed E-state index contributed by atoms with van der Waals surface area (Å²) in [5.74, 6) is -0.724. The molecule has 0 unspecified atom stereocenters.